The molecule has 0 radical (unpaired) electrons. The van der Waals surface area contributed by atoms with Crippen LogP contribution < -0.4 is 5.73 Å². The first kappa shape index (κ1) is 14.4. The van der Waals surface area contributed by atoms with Crippen molar-refractivity contribution in [3.05, 3.63) is 34.9 Å². The van der Waals surface area contributed by atoms with Crippen LogP contribution >= 0.6 is 0 Å². The SMILES string of the molecule is CCN1CCOC(C(N)c2c(F)ccc(C)c2F)C1. The summed E-state index contributed by atoms with van der Waals surface area (Å²) >= 11 is 0. The molecule has 0 amide bonds. The molecule has 2 rings (SSSR count). The molecule has 0 spiro atoms. The Morgan fingerprint density at radius 2 is 2.21 bits per heavy atom. The molecule has 0 saturated carbocycles. The summed E-state index contributed by atoms with van der Waals surface area (Å²) in [6.45, 7) is 6.50. The fourth-order valence-corrected chi connectivity index (χ4v) is 2.41. The Balaban J connectivity index is 2.24. The third-order valence-corrected chi connectivity index (χ3v) is 3.68. The highest BCUT2D eigenvalue weighted by Gasteiger charge is 2.30. The summed E-state index contributed by atoms with van der Waals surface area (Å²) in [6.07, 6.45) is -0.375. The third-order valence-electron chi connectivity index (χ3n) is 3.68. The zero-order valence-electron chi connectivity index (χ0n) is 11.3. The molecule has 1 aliphatic rings. The largest absolute Gasteiger partial charge is 0.374 e. The first-order chi connectivity index (χ1) is 9.04. The predicted octanol–water partition coefficient (Wildman–Crippen LogP) is 1.99. The van der Waals surface area contributed by atoms with Crippen molar-refractivity contribution in [2.24, 2.45) is 5.73 Å². The highest BCUT2D eigenvalue weighted by atomic mass is 19.1. The predicted molar refractivity (Wildman–Crippen MR) is 69.9 cm³/mol. The molecule has 3 nitrogen and oxygen atoms in total. The summed E-state index contributed by atoms with van der Waals surface area (Å²) in [4.78, 5) is 2.17. The van der Waals surface area contributed by atoms with E-state index in [9.17, 15) is 8.78 Å². The summed E-state index contributed by atoms with van der Waals surface area (Å²) in [7, 11) is 0. The van der Waals surface area contributed by atoms with Gasteiger partial charge in [0, 0.05) is 18.7 Å². The van der Waals surface area contributed by atoms with E-state index in [1.807, 2.05) is 6.92 Å². The zero-order valence-corrected chi connectivity index (χ0v) is 11.3. The van der Waals surface area contributed by atoms with Gasteiger partial charge in [-0.2, -0.15) is 0 Å². The molecule has 0 aromatic heterocycles. The molecule has 0 bridgehead atoms. The van der Waals surface area contributed by atoms with Crippen molar-refractivity contribution in [1.29, 1.82) is 0 Å². The minimum atomic E-state index is -0.783. The molecule has 1 saturated heterocycles. The van der Waals surface area contributed by atoms with Crippen molar-refractivity contribution >= 4 is 0 Å². The molecule has 0 aliphatic carbocycles. The first-order valence-corrected chi connectivity index (χ1v) is 6.58. The molecular formula is C14H20F2N2O. The van der Waals surface area contributed by atoms with E-state index < -0.39 is 17.7 Å². The second-order valence-corrected chi connectivity index (χ2v) is 4.92. The second-order valence-electron chi connectivity index (χ2n) is 4.92. The van der Waals surface area contributed by atoms with Crippen molar-refractivity contribution in [3.8, 4) is 0 Å². The lowest BCUT2D eigenvalue weighted by atomic mass is 9.97. The Kier molecular flexibility index (Phi) is 4.50. The number of benzene rings is 1. The number of nitrogens with zero attached hydrogens (tertiary/aromatic N) is 1. The Bertz CT molecular complexity index is 453. The van der Waals surface area contributed by atoms with E-state index in [0.717, 1.165) is 13.1 Å². The lowest BCUT2D eigenvalue weighted by Gasteiger charge is -2.35. The number of halogens is 2. The maximum Gasteiger partial charge on any atom is 0.133 e. The number of likely N-dealkylation sites (N-methyl/N-ethyl adjacent to an activating group) is 1. The molecule has 1 fully saturated rings. The highest BCUT2D eigenvalue weighted by molar-refractivity contribution is 5.30. The molecule has 1 aliphatic heterocycles. The molecule has 2 atom stereocenters. The Hall–Kier alpha value is -1.04. The van der Waals surface area contributed by atoms with E-state index in [-0.39, 0.29) is 11.7 Å². The molecule has 1 aromatic rings. The van der Waals surface area contributed by atoms with Gasteiger partial charge in [-0.05, 0) is 25.1 Å². The van der Waals surface area contributed by atoms with Crippen LogP contribution in [0, 0.1) is 18.6 Å². The normalized spacial score (nSPS) is 22.5. The summed E-state index contributed by atoms with van der Waals surface area (Å²) in [5.41, 5.74) is 6.36. The number of hydrogen-bond donors (Lipinski definition) is 1. The summed E-state index contributed by atoms with van der Waals surface area (Å²) < 4.78 is 33.5. The van der Waals surface area contributed by atoms with Crippen molar-refractivity contribution in [3.63, 3.8) is 0 Å². The van der Waals surface area contributed by atoms with Crippen LogP contribution in [-0.4, -0.2) is 37.2 Å². The van der Waals surface area contributed by atoms with Gasteiger partial charge in [0.1, 0.15) is 11.6 Å². The van der Waals surface area contributed by atoms with Crippen LogP contribution in [0.5, 0.6) is 0 Å². The summed E-state index contributed by atoms with van der Waals surface area (Å²) in [5, 5.41) is 0. The summed E-state index contributed by atoms with van der Waals surface area (Å²) in [5.74, 6) is -1.17. The standard InChI is InChI=1S/C14H20F2N2O/c1-3-18-6-7-19-11(8-18)14(17)12-10(15)5-4-9(2)13(12)16/h4-5,11,14H,3,6-8,17H2,1-2H3. The van der Waals surface area contributed by atoms with Gasteiger partial charge in [0.25, 0.3) is 0 Å². The maximum atomic E-state index is 14.1. The van der Waals surface area contributed by atoms with Crippen molar-refractivity contribution < 1.29 is 13.5 Å². The van der Waals surface area contributed by atoms with Gasteiger partial charge in [-0.25, -0.2) is 8.78 Å². The van der Waals surface area contributed by atoms with Gasteiger partial charge in [-0.1, -0.05) is 13.0 Å². The first-order valence-electron chi connectivity index (χ1n) is 6.58. The van der Waals surface area contributed by atoms with Crippen LogP contribution in [-0.2, 0) is 4.74 Å². The molecule has 1 aromatic carbocycles. The highest BCUT2D eigenvalue weighted by Crippen LogP contribution is 2.26. The number of aryl methyl sites for hydroxylation is 1. The quantitative estimate of drug-likeness (QED) is 0.913. The lowest BCUT2D eigenvalue weighted by Crippen LogP contribution is -2.47. The van der Waals surface area contributed by atoms with Gasteiger partial charge in [0.2, 0.25) is 0 Å². The van der Waals surface area contributed by atoms with E-state index in [0.29, 0.717) is 18.7 Å². The molecule has 2 N–H and O–H groups in total. The van der Waals surface area contributed by atoms with E-state index >= 15 is 0 Å². The van der Waals surface area contributed by atoms with E-state index in [1.54, 1.807) is 6.92 Å². The van der Waals surface area contributed by atoms with Crippen LogP contribution in [0.2, 0.25) is 0 Å². The van der Waals surface area contributed by atoms with Crippen molar-refractivity contribution in [2.45, 2.75) is 26.0 Å². The van der Waals surface area contributed by atoms with Gasteiger partial charge in [0.15, 0.2) is 0 Å². The van der Waals surface area contributed by atoms with Crippen LogP contribution in [0.1, 0.15) is 24.1 Å². The monoisotopic (exact) mass is 270 g/mol. The number of morpholine rings is 1. The number of hydrogen-bond acceptors (Lipinski definition) is 3. The van der Waals surface area contributed by atoms with E-state index in [2.05, 4.69) is 4.90 Å². The minimum absolute atomic E-state index is 0.0667. The Labute approximate surface area is 112 Å². The topological polar surface area (TPSA) is 38.5 Å². The van der Waals surface area contributed by atoms with Gasteiger partial charge in [0.05, 0.1) is 18.8 Å². The molecule has 19 heavy (non-hydrogen) atoms. The maximum absolute atomic E-state index is 14.1. The molecule has 5 heteroatoms. The fraction of sp³-hybridized carbons (Fsp3) is 0.571. The minimum Gasteiger partial charge on any atom is -0.374 e. The molecule has 2 unspecified atom stereocenters. The lowest BCUT2D eigenvalue weighted by molar-refractivity contribution is -0.0402. The number of rotatable bonds is 3. The molecule has 106 valence electrons. The average molecular weight is 270 g/mol. The Morgan fingerprint density at radius 1 is 1.47 bits per heavy atom. The zero-order chi connectivity index (χ0) is 14.0. The van der Waals surface area contributed by atoms with E-state index in [4.69, 9.17) is 10.5 Å². The van der Waals surface area contributed by atoms with Crippen LogP contribution in [0.4, 0.5) is 8.78 Å². The second kappa shape index (κ2) is 5.94. The molecular weight excluding hydrogens is 250 g/mol. The Morgan fingerprint density at radius 3 is 2.89 bits per heavy atom. The van der Waals surface area contributed by atoms with Crippen LogP contribution in [0.25, 0.3) is 0 Å². The average Bonchev–Trinajstić information content (AvgIpc) is 2.43. The van der Waals surface area contributed by atoms with Crippen molar-refractivity contribution in [2.75, 3.05) is 26.2 Å². The third kappa shape index (κ3) is 2.94. The van der Waals surface area contributed by atoms with Gasteiger partial charge in [-0.15, -0.1) is 0 Å². The van der Waals surface area contributed by atoms with Crippen molar-refractivity contribution in [1.82, 2.24) is 4.90 Å². The fourth-order valence-electron chi connectivity index (χ4n) is 2.41. The van der Waals surface area contributed by atoms with Gasteiger partial charge >= 0.3 is 0 Å². The number of nitrogens with two attached hydrogens (primary N) is 1. The molecule has 1 heterocycles. The van der Waals surface area contributed by atoms with Crippen LogP contribution in [0.15, 0.2) is 12.1 Å². The van der Waals surface area contributed by atoms with Gasteiger partial charge in [-0.3, -0.25) is 4.90 Å². The number of ether oxygens (including phenoxy) is 1. The van der Waals surface area contributed by atoms with Gasteiger partial charge < -0.3 is 10.5 Å². The summed E-state index contributed by atoms with van der Waals surface area (Å²) in [6, 6.07) is 1.89. The van der Waals surface area contributed by atoms with E-state index in [1.165, 1.54) is 12.1 Å². The smallest absolute Gasteiger partial charge is 0.133 e. The van der Waals surface area contributed by atoms with Crippen LogP contribution in [0.3, 0.4) is 0 Å².